The van der Waals surface area contributed by atoms with Gasteiger partial charge in [-0.2, -0.15) is 0 Å². The summed E-state index contributed by atoms with van der Waals surface area (Å²) < 4.78 is 0. The molecule has 1 aromatic heterocycles. The van der Waals surface area contributed by atoms with Crippen molar-refractivity contribution in [1.29, 1.82) is 0 Å². The molecule has 19 heavy (non-hydrogen) atoms. The van der Waals surface area contributed by atoms with E-state index < -0.39 is 0 Å². The second-order valence-corrected chi connectivity index (χ2v) is 5.28. The van der Waals surface area contributed by atoms with Crippen molar-refractivity contribution >= 4 is 23.4 Å². The van der Waals surface area contributed by atoms with E-state index in [0.29, 0.717) is 23.9 Å². The van der Waals surface area contributed by atoms with Crippen LogP contribution in [-0.4, -0.2) is 45.7 Å². The van der Waals surface area contributed by atoms with Gasteiger partial charge in [0.2, 0.25) is 11.8 Å². The van der Waals surface area contributed by atoms with Gasteiger partial charge in [-0.1, -0.05) is 17.7 Å². The van der Waals surface area contributed by atoms with Crippen LogP contribution >= 0.6 is 11.6 Å². The van der Waals surface area contributed by atoms with Crippen molar-refractivity contribution in [3.8, 4) is 0 Å². The molecule has 2 saturated heterocycles. The number of carbonyl (C=O) groups excluding carboxylic acids is 2. The fourth-order valence-corrected chi connectivity index (χ4v) is 2.91. The summed E-state index contributed by atoms with van der Waals surface area (Å²) >= 11 is 5.83. The minimum atomic E-state index is -0.263. The highest BCUT2D eigenvalue weighted by molar-refractivity contribution is 6.29. The normalized spacial score (nSPS) is 22.9. The maximum absolute atomic E-state index is 12.3. The van der Waals surface area contributed by atoms with Crippen molar-refractivity contribution in [2.75, 3.05) is 13.1 Å². The highest BCUT2D eigenvalue weighted by atomic mass is 35.5. The Morgan fingerprint density at radius 3 is 3.00 bits per heavy atom. The Morgan fingerprint density at radius 2 is 2.21 bits per heavy atom. The molecule has 0 spiro atoms. The van der Waals surface area contributed by atoms with Gasteiger partial charge >= 0.3 is 0 Å². The highest BCUT2D eigenvalue weighted by Crippen LogP contribution is 2.24. The Balaban J connectivity index is 1.78. The van der Waals surface area contributed by atoms with E-state index in [1.807, 2.05) is 6.07 Å². The van der Waals surface area contributed by atoms with Gasteiger partial charge in [-0.25, -0.2) is 4.98 Å². The van der Waals surface area contributed by atoms with Gasteiger partial charge in [0, 0.05) is 6.54 Å². The molecule has 2 amide bonds. The summed E-state index contributed by atoms with van der Waals surface area (Å²) in [6.45, 7) is 1.19. The van der Waals surface area contributed by atoms with Crippen LogP contribution in [0.3, 0.4) is 0 Å². The maximum Gasteiger partial charge on any atom is 0.246 e. The summed E-state index contributed by atoms with van der Waals surface area (Å²) in [5.74, 6) is 0.0583. The zero-order valence-electron chi connectivity index (χ0n) is 10.4. The van der Waals surface area contributed by atoms with E-state index in [9.17, 15) is 9.59 Å². The number of amides is 2. The van der Waals surface area contributed by atoms with Gasteiger partial charge < -0.3 is 9.80 Å². The SMILES string of the molecule is O=C1C2CCCN2C(=O)CN1Cc1cccc(Cl)n1. The zero-order valence-corrected chi connectivity index (χ0v) is 11.1. The quantitative estimate of drug-likeness (QED) is 0.761. The van der Waals surface area contributed by atoms with Crippen molar-refractivity contribution in [3.05, 3.63) is 29.0 Å². The van der Waals surface area contributed by atoms with E-state index >= 15 is 0 Å². The van der Waals surface area contributed by atoms with Crippen molar-refractivity contribution in [1.82, 2.24) is 14.8 Å². The summed E-state index contributed by atoms with van der Waals surface area (Å²) in [4.78, 5) is 31.7. The minimum absolute atomic E-state index is 0.0267. The molecule has 5 nitrogen and oxygen atoms in total. The van der Waals surface area contributed by atoms with Crippen LogP contribution < -0.4 is 0 Å². The van der Waals surface area contributed by atoms with Crippen LogP contribution in [0.5, 0.6) is 0 Å². The highest BCUT2D eigenvalue weighted by Gasteiger charge is 2.41. The number of pyridine rings is 1. The van der Waals surface area contributed by atoms with E-state index in [-0.39, 0.29) is 24.4 Å². The van der Waals surface area contributed by atoms with Gasteiger partial charge in [-0.15, -0.1) is 0 Å². The minimum Gasteiger partial charge on any atom is -0.329 e. The molecular formula is C13H14ClN3O2. The number of halogens is 1. The number of hydrogen-bond acceptors (Lipinski definition) is 3. The fraction of sp³-hybridized carbons (Fsp3) is 0.462. The molecule has 0 saturated carbocycles. The lowest BCUT2D eigenvalue weighted by Gasteiger charge is -2.36. The molecule has 3 heterocycles. The molecule has 2 fully saturated rings. The van der Waals surface area contributed by atoms with E-state index in [4.69, 9.17) is 11.6 Å². The molecule has 6 heteroatoms. The average molecular weight is 280 g/mol. The van der Waals surface area contributed by atoms with Gasteiger partial charge in [-0.3, -0.25) is 9.59 Å². The van der Waals surface area contributed by atoms with E-state index in [2.05, 4.69) is 4.98 Å². The number of rotatable bonds is 2. The third-order valence-electron chi connectivity index (χ3n) is 3.62. The molecule has 1 unspecified atom stereocenters. The number of nitrogens with zero attached hydrogens (tertiary/aromatic N) is 3. The number of aromatic nitrogens is 1. The summed E-state index contributed by atoms with van der Waals surface area (Å²) in [6, 6.07) is 5.03. The van der Waals surface area contributed by atoms with Crippen molar-refractivity contribution in [2.45, 2.75) is 25.4 Å². The third-order valence-corrected chi connectivity index (χ3v) is 3.83. The van der Waals surface area contributed by atoms with Gasteiger partial charge in [-0.05, 0) is 25.0 Å². The molecule has 3 rings (SSSR count). The molecule has 1 atom stereocenters. The molecule has 0 bridgehead atoms. The average Bonchev–Trinajstić information content (AvgIpc) is 2.85. The van der Waals surface area contributed by atoms with Crippen molar-refractivity contribution in [3.63, 3.8) is 0 Å². The molecule has 0 radical (unpaired) electrons. The molecule has 0 aromatic carbocycles. The molecule has 2 aliphatic heterocycles. The predicted molar refractivity (Wildman–Crippen MR) is 69.4 cm³/mol. The van der Waals surface area contributed by atoms with Gasteiger partial charge in [0.25, 0.3) is 0 Å². The first-order valence-corrected chi connectivity index (χ1v) is 6.72. The second kappa shape index (κ2) is 4.81. The monoisotopic (exact) mass is 279 g/mol. The van der Waals surface area contributed by atoms with E-state index in [0.717, 1.165) is 12.8 Å². The van der Waals surface area contributed by atoms with Gasteiger partial charge in [0.05, 0.1) is 12.2 Å². The smallest absolute Gasteiger partial charge is 0.246 e. The summed E-state index contributed by atoms with van der Waals surface area (Å²) in [6.07, 6.45) is 1.68. The van der Waals surface area contributed by atoms with Crippen LogP contribution in [0.25, 0.3) is 0 Å². The lowest BCUT2D eigenvalue weighted by atomic mass is 10.1. The lowest BCUT2D eigenvalue weighted by molar-refractivity contribution is -0.154. The summed E-state index contributed by atoms with van der Waals surface area (Å²) in [5, 5.41) is 0.399. The summed E-state index contributed by atoms with van der Waals surface area (Å²) in [7, 11) is 0. The number of piperazine rings is 1. The van der Waals surface area contributed by atoms with Gasteiger partial charge in [0.1, 0.15) is 17.7 Å². The topological polar surface area (TPSA) is 53.5 Å². The standard InChI is InChI=1S/C13H14ClN3O2/c14-11-5-1-3-9(15-11)7-16-8-12(18)17-6-2-4-10(17)13(16)19/h1,3,5,10H,2,4,6-8H2. The number of fused-ring (bicyclic) bond motifs is 1. The van der Waals surface area contributed by atoms with E-state index in [1.165, 1.54) is 0 Å². The fourth-order valence-electron chi connectivity index (χ4n) is 2.73. The van der Waals surface area contributed by atoms with Crippen LogP contribution in [0, 0.1) is 0 Å². The van der Waals surface area contributed by atoms with Crippen LogP contribution in [0.4, 0.5) is 0 Å². The zero-order chi connectivity index (χ0) is 13.4. The van der Waals surface area contributed by atoms with Crippen LogP contribution in [0.15, 0.2) is 18.2 Å². The van der Waals surface area contributed by atoms with Crippen molar-refractivity contribution in [2.24, 2.45) is 0 Å². The van der Waals surface area contributed by atoms with Crippen LogP contribution in [-0.2, 0) is 16.1 Å². The van der Waals surface area contributed by atoms with Crippen LogP contribution in [0.2, 0.25) is 5.15 Å². The molecule has 1 aromatic rings. The maximum atomic E-state index is 12.3. The van der Waals surface area contributed by atoms with E-state index in [1.54, 1.807) is 21.9 Å². The summed E-state index contributed by atoms with van der Waals surface area (Å²) in [5.41, 5.74) is 0.708. The molecule has 0 aliphatic carbocycles. The Labute approximate surface area is 116 Å². The molecule has 100 valence electrons. The third kappa shape index (κ3) is 2.30. The largest absolute Gasteiger partial charge is 0.329 e. The molecular weight excluding hydrogens is 266 g/mol. The first kappa shape index (κ1) is 12.4. The van der Waals surface area contributed by atoms with Crippen LogP contribution in [0.1, 0.15) is 18.5 Å². The Bertz CT molecular complexity index is 534. The Morgan fingerprint density at radius 1 is 1.37 bits per heavy atom. The number of carbonyl (C=O) groups is 2. The lowest BCUT2D eigenvalue weighted by Crippen LogP contribution is -2.56. The Hall–Kier alpha value is -1.62. The van der Waals surface area contributed by atoms with Gasteiger partial charge in [0.15, 0.2) is 0 Å². The first-order chi connectivity index (χ1) is 9.15. The molecule has 2 aliphatic rings. The van der Waals surface area contributed by atoms with Crippen molar-refractivity contribution < 1.29 is 9.59 Å². The second-order valence-electron chi connectivity index (χ2n) is 4.89. The molecule has 0 N–H and O–H groups in total. The predicted octanol–water partition coefficient (Wildman–Crippen LogP) is 1.07. The Kier molecular flexibility index (Phi) is 3.14. The number of hydrogen-bond donors (Lipinski definition) is 0. The first-order valence-electron chi connectivity index (χ1n) is 6.35.